The molecule has 2 aromatic rings. The number of ether oxygens (including phenoxy) is 1. The number of aromatic nitrogens is 2. The van der Waals surface area contributed by atoms with Crippen LogP contribution in [0.25, 0.3) is 0 Å². The van der Waals surface area contributed by atoms with Gasteiger partial charge in [0.1, 0.15) is 18.0 Å². The summed E-state index contributed by atoms with van der Waals surface area (Å²) in [7, 11) is 1.41. The zero-order chi connectivity index (χ0) is 13.1. The third kappa shape index (κ3) is 2.32. The molecule has 0 saturated carbocycles. The molecule has 6 heteroatoms. The van der Waals surface area contributed by atoms with Gasteiger partial charge in [-0.05, 0) is 19.1 Å². The van der Waals surface area contributed by atoms with E-state index in [9.17, 15) is 4.39 Å². The van der Waals surface area contributed by atoms with E-state index in [0.717, 1.165) is 5.56 Å². The van der Waals surface area contributed by atoms with Crippen LogP contribution in [0.1, 0.15) is 5.56 Å². The van der Waals surface area contributed by atoms with E-state index in [1.807, 2.05) is 0 Å². The van der Waals surface area contributed by atoms with E-state index in [-0.39, 0.29) is 5.75 Å². The van der Waals surface area contributed by atoms with Crippen molar-refractivity contribution >= 4 is 17.3 Å². The topological polar surface area (TPSA) is 73.1 Å². The minimum absolute atomic E-state index is 0.166. The van der Waals surface area contributed by atoms with E-state index in [1.165, 1.54) is 19.5 Å². The van der Waals surface area contributed by atoms with E-state index in [2.05, 4.69) is 15.3 Å². The minimum atomic E-state index is -0.415. The number of anilines is 3. The zero-order valence-corrected chi connectivity index (χ0v) is 10.1. The Labute approximate surface area is 104 Å². The Morgan fingerprint density at radius 1 is 1.33 bits per heavy atom. The molecule has 1 heterocycles. The number of nitrogens with two attached hydrogens (primary N) is 1. The van der Waals surface area contributed by atoms with Crippen molar-refractivity contribution in [3.8, 4) is 5.75 Å². The molecule has 1 aromatic carbocycles. The van der Waals surface area contributed by atoms with Crippen molar-refractivity contribution in [1.82, 2.24) is 9.97 Å². The molecular weight excluding hydrogens is 235 g/mol. The van der Waals surface area contributed by atoms with Crippen molar-refractivity contribution in [2.24, 2.45) is 0 Å². The molecule has 0 spiro atoms. The molecule has 1 aromatic heterocycles. The first-order valence-corrected chi connectivity index (χ1v) is 5.29. The highest BCUT2D eigenvalue weighted by Crippen LogP contribution is 2.25. The van der Waals surface area contributed by atoms with Crippen LogP contribution in [-0.4, -0.2) is 17.1 Å². The monoisotopic (exact) mass is 248 g/mol. The van der Waals surface area contributed by atoms with E-state index in [4.69, 9.17) is 10.5 Å². The summed E-state index contributed by atoms with van der Waals surface area (Å²) >= 11 is 0. The molecule has 0 amide bonds. The van der Waals surface area contributed by atoms with Crippen molar-refractivity contribution in [2.45, 2.75) is 6.92 Å². The number of benzene rings is 1. The molecule has 94 valence electrons. The molecule has 0 radical (unpaired) electrons. The number of hydrogen-bond donors (Lipinski definition) is 2. The highest BCUT2D eigenvalue weighted by molar-refractivity contribution is 5.64. The molecule has 0 saturated heterocycles. The normalized spacial score (nSPS) is 10.2. The second-order valence-corrected chi connectivity index (χ2v) is 3.71. The SMILES string of the molecule is COc1cc(Nc2ncnc(N)c2C)ccc1F. The Bertz CT molecular complexity index is 574. The van der Waals surface area contributed by atoms with Crippen LogP contribution in [0.5, 0.6) is 5.75 Å². The largest absolute Gasteiger partial charge is 0.494 e. The number of methoxy groups -OCH3 is 1. The lowest BCUT2D eigenvalue weighted by atomic mass is 10.2. The second kappa shape index (κ2) is 4.87. The third-order valence-electron chi connectivity index (χ3n) is 2.54. The van der Waals surface area contributed by atoms with E-state index >= 15 is 0 Å². The molecule has 0 aliphatic heterocycles. The molecule has 3 N–H and O–H groups in total. The smallest absolute Gasteiger partial charge is 0.165 e. The first-order chi connectivity index (χ1) is 8.61. The summed E-state index contributed by atoms with van der Waals surface area (Å²) in [5.74, 6) is 0.736. The molecule has 2 rings (SSSR count). The predicted octanol–water partition coefficient (Wildman–Crippen LogP) is 2.26. The van der Waals surface area contributed by atoms with Crippen molar-refractivity contribution in [1.29, 1.82) is 0 Å². The first kappa shape index (κ1) is 12.1. The lowest BCUT2D eigenvalue weighted by Gasteiger charge is -2.10. The number of halogens is 1. The molecule has 5 nitrogen and oxygen atoms in total. The summed E-state index contributed by atoms with van der Waals surface area (Å²) in [6.07, 6.45) is 1.37. The number of hydrogen-bond acceptors (Lipinski definition) is 5. The van der Waals surface area contributed by atoms with Gasteiger partial charge in [0.05, 0.1) is 7.11 Å². The fourth-order valence-electron chi connectivity index (χ4n) is 1.46. The van der Waals surface area contributed by atoms with Crippen LogP contribution in [-0.2, 0) is 0 Å². The Morgan fingerprint density at radius 2 is 2.11 bits per heavy atom. The Morgan fingerprint density at radius 3 is 2.83 bits per heavy atom. The Balaban J connectivity index is 2.31. The van der Waals surface area contributed by atoms with Crippen molar-refractivity contribution in [3.05, 3.63) is 35.9 Å². The second-order valence-electron chi connectivity index (χ2n) is 3.71. The van der Waals surface area contributed by atoms with Gasteiger partial charge in [-0.3, -0.25) is 0 Å². The van der Waals surface area contributed by atoms with Gasteiger partial charge in [0.2, 0.25) is 0 Å². The van der Waals surface area contributed by atoms with Crippen LogP contribution in [0.2, 0.25) is 0 Å². The molecule has 0 fully saturated rings. The number of nitrogen functional groups attached to an aromatic ring is 1. The molecular formula is C12H13FN4O. The van der Waals surface area contributed by atoms with Gasteiger partial charge in [-0.15, -0.1) is 0 Å². The van der Waals surface area contributed by atoms with Crippen LogP contribution in [0, 0.1) is 12.7 Å². The molecule has 0 aliphatic carbocycles. The maximum absolute atomic E-state index is 13.3. The number of rotatable bonds is 3. The molecule has 18 heavy (non-hydrogen) atoms. The standard InChI is InChI=1S/C12H13FN4O/c1-7-11(14)15-6-16-12(7)17-8-3-4-9(13)10(5-8)18-2/h3-6H,1-2H3,(H3,14,15,16,17). The lowest BCUT2D eigenvalue weighted by Crippen LogP contribution is -2.02. The quantitative estimate of drug-likeness (QED) is 0.871. The van der Waals surface area contributed by atoms with Crippen molar-refractivity contribution in [3.63, 3.8) is 0 Å². The number of nitrogens with one attached hydrogen (secondary N) is 1. The predicted molar refractivity (Wildman–Crippen MR) is 67.4 cm³/mol. The van der Waals surface area contributed by atoms with Gasteiger partial charge in [0.25, 0.3) is 0 Å². The lowest BCUT2D eigenvalue weighted by molar-refractivity contribution is 0.387. The fraction of sp³-hybridized carbons (Fsp3) is 0.167. The van der Waals surface area contributed by atoms with Gasteiger partial charge >= 0.3 is 0 Å². The van der Waals surface area contributed by atoms with Gasteiger partial charge in [0, 0.05) is 17.3 Å². The summed E-state index contributed by atoms with van der Waals surface area (Å²) in [5.41, 5.74) is 7.08. The van der Waals surface area contributed by atoms with Gasteiger partial charge in [-0.1, -0.05) is 0 Å². The Kier molecular flexibility index (Phi) is 3.27. The molecule has 0 aliphatic rings. The average molecular weight is 248 g/mol. The zero-order valence-electron chi connectivity index (χ0n) is 10.1. The van der Waals surface area contributed by atoms with Gasteiger partial charge in [-0.25, -0.2) is 14.4 Å². The maximum Gasteiger partial charge on any atom is 0.165 e. The first-order valence-electron chi connectivity index (χ1n) is 5.29. The van der Waals surface area contributed by atoms with E-state index < -0.39 is 5.82 Å². The summed E-state index contributed by atoms with van der Waals surface area (Å²) in [6, 6.07) is 4.46. The summed E-state index contributed by atoms with van der Waals surface area (Å²) in [6.45, 7) is 1.80. The summed E-state index contributed by atoms with van der Waals surface area (Å²) in [4.78, 5) is 7.95. The van der Waals surface area contributed by atoms with Gasteiger partial charge in [-0.2, -0.15) is 0 Å². The highest BCUT2D eigenvalue weighted by atomic mass is 19.1. The molecule has 0 atom stereocenters. The summed E-state index contributed by atoms with van der Waals surface area (Å²) < 4.78 is 18.2. The van der Waals surface area contributed by atoms with E-state index in [1.54, 1.807) is 19.1 Å². The highest BCUT2D eigenvalue weighted by Gasteiger charge is 2.07. The minimum Gasteiger partial charge on any atom is -0.494 e. The number of nitrogens with zero attached hydrogens (tertiary/aromatic N) is 2. The maximum atomic E-state index is 13.3. The fourth-order valence-corrected chi connectivity index (χ4v) is 1.46. The molecule has 0 unspecified atom stereocenters. The van der Waals surface area contributed by atoms with Crippen molar-refractivity contribution in [2.75, 3.05) is 18.2 Å². The van der Waals surface area contributed by atoms with Crippen LogP contribution >= 0.6 is 0 Å². The molecule has 0 bridgehead atoms. The Hall–Kier alpha value is -2.37. The van der Waals surface area contributed by atoms with Crippen LogP contribution in [0.15, 0.2) is 24.5 Å². The average Bonchev–Trinajstić information content (AvgIpc) is 2.37. The van der Waals surface area contributed by atoms with E-state index in [0.29, 0.717) is 17.3 Å². The van der Waals surface area contributed by atoms with Gasteiger partial charge in [0.15, 0.2) is 11.6 Å². The van der Waals surface area contributed by atoms with Crippen molar-refractivity contribution < 1.29 is 9.13 Å². The van der Waals surface area contributed by atoms with Gasteiger partial charge < -0.3 is 15.8 Å². The van der Waals surface area contributed by atoms with Crippen LogP contribution in [0.4, 0.5) is 21.7 Å². The summed E-state index contributed by atoms with van der Waals surface area (Å²) in [5, 5.41) is 3.04. The third-order valence-corrected chi connectivity index (χ3v) is 2.54. The van der Waals surface area contributed by atoms with Crippen LogP contribution < -0.4 is 15.8 Å². The van der Waals surface area contributed by atoms with Crippen LogP contribution in [0.3, 0.4) is 0 Å².